The Kier molecular flexibility index (Phi) is 8.27. The van der Waals surface area contributed by atoms with Crippen molar-refractivity contribution in [3.8, 4) is 23.3 Å². The van der Waals surface area contributed by atoms with Crippen molar-refractivity contribution in [1.82, 2.24) is 0 Å². The van der Waals surface area contributed by atoms with E-state index in [2.05, 4.69) is 5.32 Å². The molecule has 9 nitrogen and oxygen atoms in total. The van der Waals surface area contributed by atoms with Crippen LogP contribution < -0.4 is 19.5 Å². The Labute approximate surface area is 206 Å². The maximum Gasteiger partial charge on any atom is 0.271 e. The van der Waals surface area contributed by atoms with Gasteiger partial charge in [-0.1, -0.05) is 35.9 Å². The van der Waals surface area contributed by atoms with Crippen LogP contribution in [0.4, 0.5) is 11.4 Å². The maximum atomic E-state index is 12.9. The number of hydrogen-bond donors (Lipinski definition) is 1. The number of nitrogens with one attached hydrogen (secondary N) is 1. The summed E-state index contributed by atoms with van der Waals surface area (Å²) in [6.07, 6.45) is 1.34. The molecule has 0 spiro atoms. The van der Waals surface area contributed by atoms with Gasteiger partial charge in [-0.25, -0.2) is 0 Å². The van der Waals surface area contributed by atoms with Gasteiger partial charge in [0.1, 0.15) is 24.0 Å². The molecule has 10 heteroatoms. The van der Waals surface area contributed by atoms with Crippen molar-refractivity contribution in [2.75, 3.05) is 19.5 Å². The largest absolute Gasteiger partial charge is 0.495 e. The third-order valence-electron chi connectivity index (χ3n) is 4.81. The summed E-state index contributed by atoms with van der Waals surface area (Å²) in [4.78, 5) is 23.4. The van der Waals surface area contributed by atoms with Crippen molar-refractivity contribution >= 4 is 35.0 Å². The number of rotatable bonds is 9. The predicted molar refractivity (Wildman–Crippen MR) is 131 cm³/mol. The minimum Gasteiger partial charge on any atom is -0.495 e. The van der Waals surface area contributed by atoms with Crippen LogP contribution >= 0.6 is 11.6 Å². The number of carbonyl (C=O) groups is 1. The Bertz CT molecular complexity index is 1330. The molecule has 3 aromatic rings. The normalized spacial score (nSPS) is 10.7. The second kappa shape index (κ2) is 11.5. The van der Waals surface area contributed by atoms with Crippen molar-refractivity contribution in [2.24, 2.45) is 0 Å². The Morgan fingerprint density at radius 2 is 1.86 bits per heavy atom. The smallest absolute Gasteiger partial charge is 0.271 e. The number of para-hydroxylation sites is 1. The van der Waals surface area contributed by atoms with Crippen LogP contribution in [-0.2, 0) is 11.4 Å². The highest BCUT2D eigenvalue weighted by molar-refractivity contribution is 6.30. The van der Waals surface area contributed by atoms with E-state index in [4.69, 9.17) is 25.8 Å². The van der Waals surface area contributed by atoms with Gasteiger partial charge in [-0.2, -0.15) is 5.26 Å². The van der Waals surface area contributed by atoms with Gasteiger partial charge >= 0.3 is 0 Å². The fraction of sp³-hybridized carbons (Fsp3) is 0.120. The molecule has 0 unspecified atom stereocenters. The van der Waals surface area contributed by atoms with E-state index < -0.39 is 10.8 Å². The third-order valence-corrected chi connectivity index (χ3v) is 5.04. The zero-order valence-electron chi connectivity index (χ0n) is 18.8. The number of anilines is 1. The molecule has 3 aromatic carbocycles. The first-order valence-electron chi connectivity index (χ1n) is 10.2. The number of amides is 1. The molecule has 0 saturated heterocycles. The first kappa shape index (κ1) is 25.1. The number of nitrogens with zero attached hydrogens (tertiary/aromatic N) is 2. The average molecular weight is 494 g/mol. The van der Waals surface area contributed by atoms with Gasteiger partial charge in [-0.15, -0.1) is 0 Å². The predicted octanol–water partition coefficient (Wildman–Crippen LogP) is 5.39. The molecule has 35 heavy (non-hydrogen) atoms. The number of nitriles is 1. The molecule has 0 atom stereocenters. The van der Waals surface area contributed by atoms with Crippen molar-refractivity contribution < 1.29 is 23.9 Å². The van der Waals surface area contributed by atoms with Gasteiger partial charge < -0.3 is 19.5 Å². The third kappa shape index (κ3) is 6.28. The summed E-state index contributed by atoms with van der Waals surface area (Å²) in [5, 5.41) is 23.8. The standard InChI is InChI=1S/C25H20ClN3O6/c1-33-22-10-9-20(29(31)32)13-21(22)28-25(30)18(14-27)12-17-6-4-8-23(34-2)24(17)35-15-16-5-3-7-19(26)11-16/h3-13H,15H2,1-2H3,(H,28,30)/b18-12+. The first-order valence-corrected chi connectivity index (χ1v) is 10.5. The number of halogens is 1. The topological polar surface area (TPSA) is 124 Å². The Hall–Kier alpha value is -4.55. The van der Waals surface area contributed by atoms with E-state index >= 15 is 0 Å². The van der Waals surface area contributed by atoms with Gasteiger partial charge in [0.05, 0.1) is 24.8 Å². The summed E-state index contributed by atoms with van der Waals surface area (Å²) < 4.78 is 16.5. The van der Waals surface area contributed by atoms with Gasteiger partial charge in [0.2, 0.25) is 0 Å². The minimum absolute atomic E-state index is 0.0518. The van der Waals surface area contributed by atoms with Gasteiger partial charge in [-0.05, 0) is 35.9 Å². The Balaban J connectivity index is 1.92. The summed E-state index contributed by atoms with van der Waals surface area (Å²) in [6.45, 7) is 0.167. The molecule has 1 amide bonds. The van der Waals surface area contributed by atoms with Crippen molar-refractivity contribution in [2.45, 2.75) is 6.61 Å². The lowest BCUT2D eigenvalue weighted by Crippen LogP contribution is -2.14. The number of methoxy groups -OCH3 is 2. The lowest BCUT2D eigenvalue weighted by Gasteiger charge is -2.14. The summed E-state index contributed by atoms with van der Waals surface area (Å²) in [6, 6.07) is 17.8. The molecule has 3 rings (SSSR count). The highest BCUT2D eigenvalue weighted by atomic mass is 35.5. The molecule has 0 radical (unpaired) electrons. The second-order valence-electron chi connectivity index (χ2n) is 7.06. The highest BCUT2D eigenvalue weighted by Crippen LogP contribution is 2.34. The van der Waals surface area contributed by atoms with Gasteiger partial charge in [-0.3, -0.25) is 14.9 Å². The van der Waals surface area contributed by atoms with Crippen LogP contribution in [0.2, 0.25) is 5.02 Å². The molecule has 0 aliphatic heterocycles. The lowest BCUT2D eigenvalue weighted by molar-refractivity contribution is -0.384. The van der Waals surface area contributed by atoms with Crippen LogP contribution in [0.15, 0.2) is 66.2 Å². The maximum absolute atomic E-state index is 12.9. The zero-order valence-corrected chi connectivity index (χ0v) is 19.5. The SMILES string of the molecule is COc1ccc([N+](=O)[O-])cc1NC(=O)/C(C#N)=C/c1cccc(OC)c1OCc1cccc(Cl)c1. The number of benzene rings is 3. The zero-order chi connectivity index (χ0) is 25.4. The molecule has 1 N–H and O–H groups in total. The van der Waals surface area contributed by atoms with E-state index in [1.54, 1.807) is 36.4 Å². The van der Waals surface area contributed by atoms with Gasteiger partial charge in [0.25, 0.3) is 11.6 Å². The molecule has 0 bridgehead atoms. The summed E-state index contributed by atoms with van der Waals surface area (Å²) in [7, 11) is 2.83. The second-order valence-corrected chi connectivity index (χ2v) is 7.50. The molecular weight excluding hydrogens is 474 g/mol. The van der Waals surface area contributed by atoms with E-state index in [1.165, 1.54) is 32.4 Å². The Morgan fingerprint density at radius 1 is 1.11 bits per heavy atom. The lowest BCUT2D eigenvalue weighted by atomic mass is 10.1. The minimum atomic E-state index is -0.782. The highest BCUT2D eigenvalue weighted by Gasteiger charge is 2.18. The fourth-order valence-electron chi connectivity index (χ4n) is 3.14. The van der Waals surface area contributed by atoms with Crippen molar-refractivity contribution in [3.05, 3.63) is 92.5 Å². The average Bonchev–Trinajstić information content (AvgIpc) is 2.85. The van der Waals surface area contributed by atoms with E-state index in [1.807, 2.05) is 12.1 Å². The summed E-state index contributed by atoms with van der Waals surface area (Å²) in [5.74, 6) is 0.144. The van der Waals surface area contributed by atoms with Crippen LogP contribution in [0.5, 0.6) is 17.2 Å². The van der Waals surface area contributed by atoms with E-state index in [-0.39, 0.29) is 29.3 Å². The number of nitro benzene ring substituents is 1. The summed E-state index contributed by atoms with van der Waals surface area (Å²) in [5.41, 5.74) is 0.780. The van der Waals surface area contributed by atoms with Crippen LogP contribution in [-0.4, -0.2) is 25.1 Å². The first-order chi connectivity index (χ1) is 16.9. The molecule has 0 aliphatic rings. The van der Waals surface area contributed by atoms with Crippen molar-refractivity contribution in [1.29, 1.82) is 5.26 Å². The van der Waals surface area contributed by atoms with Gasteiger partial charge in [0.15, 0.2) is 11.5 Å². The van der Waals surface area contributed by atoms with Crippen LogP contribution in [0, 0.1) is 21.4 Å². The number of nitro groups is 1. The van der Waals surface area contributed by atoms with Crippen LogP contribution in [0.25, 0.3) is 6.08 Å². The molecular formula is C25H20ClN3O6. The number of non-ortho nitro benzene ring substituents is 1. The number of ether oxygens (including phenoxy) is 3. The Morgan fingerprint density at radius 3 is 2.51 bits per heavy atom. The molecule has 178 valence electrons. The fourth-order valence-corrected chi connectivity index (χ4v) is 3.36. The van der Waals surface area contributed by atoms with Crippen LogP contribution in [0.3, 0.4) is 0 Å². The number of carbonyl (C=O) groups excluding carboxylic acids is 1. The van der Waals surface area contributed by atoms with E-state index in [0.717, 1.165) is 11.6 Å². The van der Waals surface area contributed by atoms with Crippen LogP contribution in [0.1, 0.15) is 11.1 Å². The number of hydrogen-bond acceptors (Lipinski definition) is 7. The molecule has 0 fully saturated rings. The summed E-state index contributed by atoms with van der Waals surface area (Å²) >= 11 is 6.04. The monoisotopic (exact) mass is 493 g/mol. The van der Waals surface area contributed by atoms with E-state index in [9.17, 15) is 20.2 Å². The quantitative estimate of drug-likeness (QED) is 0.183. The molecule has 0 heterocycles. The molecule has 0 saturated carbocycles. The molecule has 0 aromatic heterocycles. The van der Waals surface area contributed by atoms with Crippen molar-refractivity contribution in [3.63, 3.8) is 0 Å². The van der Waals surface area contributed by atoms with Gasteiger partial charge in [0, 0.05) is 22.7 Å². The molecule has 0 aliphatic carbocycles. The van der Waals surface area contributed by atoms with E-state index in [0.29, 0.717) is 22.1 Å².